The first-order chi connectivity index (χ1) is 10.1. The Hall–Kier alpha value is -2.56. The van der Waals surface area contributed by atoms with Crippen molar-refractivity contribution < 1.29 is 9.59 Å². The average molecular weight is 285 g/mol. The number of likely N-dealkylation sites (N-methyl/N-ethyl adjacent to an activating group) is 1. The Morgan fingerprint density at radius 2 is 1.81 bits per heavy atom. The third-order valence-corrected chi connectivity index (χ3v) is 3.14. The van der Waals surface area contributed by atoms with Gasteiger partial charge in [-0.2, -0.15) is 0 Å². The van der Waals surface area contributed by atoms with Crippen LogP contribution in [-0.2, 0) is 4.79 Å². The number of urea groups is 1. The number of benzene rings is 2. The number of rotatable bonds is 4. The smallest absolute Gasteiger partial charge is 0.321 e. The summed E-state index contributed by atoms with van der Waals surface area (Å²) in [6.45, 7) is 2.40. The van der Waals surface area contributed by atoms with Gasteiger partial charge in [0.15, 0.2) is 0 Å². The van der Waals surface area contributed by atoms with E-state index in [1.807, 2.05) is 49.5 Å². The fraction of sp³-hybridized carbons (Fsp3) is 0.250. The number of carbonyl (C=O) groups is 2. The normalized spacial score (nSPS) is 10.2. The molecule has 0 aliphatic rings. The molecule has 0 aliphatic heterocycles. The van der Waals surface area contributed by atoms with Crippen LogP contribution < -0.4 is 15.5 Å². The van der Waals surface area contributed by atoms with E-state index in [2.05, 4.69) is 10.6 Å². The second-order valence-corrected chi connectivity index (χ2v) is 4.80. The van der Waals surface area contributed by atoms with Gasteiger partial charge in [-0.1, -0.05) is 30.3 Å². The molecule has 0 aliphatic carbocycles. The molecule has 0 atom stereocenters. The SMILES string of the molecule is CCNC(=O)NC(=O)CN(C)c1ccc2ccccc2c1. The highest BCUT2D eigenvalue weighted by Gasteiger charge is 2.10. The molecule has 2 aromatic carbocycles. The number of fused-ring (bicyclic) bond motifs is 1. The van der Waals surface area contributed by atoms with Crippen molar-refractivity contribution in [3.63, 3.8) is 0 Å². The maximum Gasteiger partial charge on any atom is 0.321 e. The molecular weight excluding hydrogens is 266 g/mol. The molecule has 2 aromatic rings. The summed E-state index contributed by atoms with van der Waals surface area (Å²) in [6, 6.07) is 13.6. The van der Waals surface area contributed by atoms with Gasteiger partial charge in [-0.25, -0.2) is 4.79 Å². The van der Waals surface area contributed by atoms with Crippen molar-refractivity contribution >= 4 is 28.4 Å². The molecule has 0 spiro atoms. The molecule has 3 amide bonds. The highest BCUT2D eigenvalue weighted by atomic mass is 16.2. The Bertz CT molecular complexity index is 655. The lowest BCUT2D eigenvalue weighted by Gasteiger charge is -2.19. The quantitative estimate of drug-likeness (QED) is 0.904. The van der Waals surface area contributed by atoms with Crippen LogP contribution in [0, 0.1) is 0 Å². The van der Waals surface area contributed by atoms with Gasteiger partial charge >= 0.3 is 6.03 Å². The van der Waals surface area contributed by atoms with E-state index in [9.17, 15) is 9.59 Å². The highest BCUT2D eigenvalue weighted by molar-refractivity contribution is 5.96. The molecule has 0 heterocycles. The Morgan fingerprint density at radius 3 is 2.52 bits per heavy atom. The molecule has 5 nitrogen and oxygen atoms in total. The molecule has 0 saturated heterocycles. The predicted molar refractivity (Wildman–Crippen MR) is 84.4 cm³/mol. The molecule has 0 unspecified atom stereocenters. The van der Waals surface area contributed by atoms with Crippen molar-refractivity contribution in [2.45, 2.75) is 6.92 Å². The molecule has 2 N–H and O–H groups in total. The predicted octanol–water partition coefficient (Wildman–Crippen LogP) is 2.12. The largest absolute Gasteiger partial charge is 0.365 e. The van der Waals surface area contributed by atoms with Gasteiger partial charge in [0.1, 0.15) is 0 Å². The average Bonchev–Trinajstić information content (AvgIpc) is 2.46. The highest BCUT2D eigenvalue weighted by Crippen LogP contribution is 2.20. The van der Waals surface area contributed by atoms with Crippen LogP contribution in [0.3, 0.4) is 0 Å². The molecule has 5 heteroatoms. The molecule has 110 valence electrons. The Balaban J connectivity index is 2.02. The van der Waals surface area contributed by atoms with Crippen molar-refractivity contribution in [1.82, 2.24) is 10.6 Å². The summed E-state index contributed by atoms with van der Waals surface area (Å²) in [5, 5.41) is 7.08. The van der Waals surface area contributed by atoms with E-state index in [0.29, 0.717) is 6.54 Å². The van der Waals surface area contributed by atoms with Crippen molar-refractivity contribution in [2.24, 2.45) is 0 Å². The van der Waals surface area contributed by atoms with Crippen molar-refractivity contribution in [3.05, 3.63) is 42.5 Å². The second kappa shape index (κ2) is 6.74. The number of amides is 3. The molecule has 21 heavy (non-hydrogen) atoms. The zero-order valence-electron chi connectivity index (χ0n) is 12.2. The van der Waals surface area contributed by atoms with Gasteiger partial charge in [-0.15, -0.1) is 0 Å². The van der Waals surface area contributed by atoms with Crippen LogP contribution in [0.1, 0.15) is 6.92 Å². The van der Waals surface area contributed by atoms with Gasteiger partial charge in [0.05, 0.1) is 6.54 Å². The molecule has 2 rings (SSSR count). The maximum absolute atomic E-state index is 11.8. The number of carbonyl (C=O) groups excluding carboxylic acids is 2. The molecule has 0 aromatic heterocycles. The van der Waals surface area contributed by atoms with Crippen molar-refractivity contribution in [1.29, 1.82) is 0 Å². The Morgan fingerprint density at radius 1 is 1.10 bits per heavy atom. The lowest BCUT2D eigenvalue weighted by atomic mass is 10.1. The molecule has 0 radical (unpaired) electrons. The number of nitrogens with zero attached hydrogens (tertiary/aromatic N) is 1. The fourth-order valence-corrected chi connectivity index (χ4v) is 2.09. The van der Waals surface area contributed by atoms with Crippen LogP contribution in [0.15, 0.2) is 42.5 Å². The molecule has 0 saturated carbocycles. The van der Waals surface area contributed by atoms with E-state index in [-0.39, 0.29) is 12.5 Å². The molecule has 0 bridgehead atoms. The summed E-state index contributed by atoms with van der Waals surface area (Å²) in [5.41, 5.74) is 0.930. The number of hydrogen-bond acceptors (Lipinski definition) is 3. The van der Waals surface area contributed by atoms with Gasteiger partial charge in [0.2, 0.25) is 5.91 Å². The molecular formula is C16H19N3O2. The van der Waals surface area contributed by atoms with Gasteiger partial charge in [-0.3, -0.25) is 10.1 Å². The van der Waals surface area contributed by atoms with E-state index < -0.39 is 6.03 Å². The number of imide groups is 1. The van der Waals surface area contributed by atoms with Crippen LogP contribution in [0.5, 0.6) is 0 Å². The first-order valence-corrected chi connectivity index (χ1v) is 6.87. The Kier molecular flexibility index (Phi) is 4.77. The Labute approximate surface area is 123 Å². The van der Waals surface area contributed by atoms with Crippen molar-refractivity contribution in [3.8, 4) is 0 Å². The van der Waals surface area contributed by atoms with E-state index in [1.54, 1.807) is 11.8 Å². The summed E-state index contributed by atoms with van der Waals surface area (Å²) < 4.78 is 0. The number of anilines is 1. The van der Waals surface area contributed by atoms with Crippen LogP contribution in [0.4, 0.5) is 10.5 Å². The summed E-state index contributed by atoms with van der Waals surface area (Å²) in [4.78, 5) is 24.9. The lowest BCUT2D eigenvalue weighted by Crippen LogP contribution is -2.43. The minimum atomic E-state index is -0.464. The van der Waals surface area contributed by atoms with E-state index in [1.165, 1.54) is 0 Å². The van der Waals surface area contributed by atoms with Crippen molar-refractivity contribution in [2.75, 3.05) is 25.0 Å². The minimum Gasteiger partial charge on any atom is -0.365 e. The maximum atomic E-state index is 11.8. The van der Waals surface area contributed by atoms with Gasteiger partial charge in [0, 0.05) is 19.3 Å². The van der Waals surface area contributed by atoms with Gasteiger partial charge in [0.25, 0.3) is 0 Å². The van der Waals surface area contributed by atoms with Crippen LogP contribution in [0.2, 0.25) is 0 Å². The zero-order chi connectivity index (χ0) is 15.2. The topological polar surface area (TPSA) is 61.4 Å². The van der Waals surface area contributed by atoms with E-state index in [0.717, 1.165) is 16.5 Å². The van der Waals surface area contributed by atoms with Gasteiger partial charge in [-0.05, 0) is 29.8 Å². The zero-order valence-corrected chi connectivity index (χ0v) is 12.2. The third-order valence-electron chi connectivity index (χ3n) is 3.14. The first kappa shape index (κ1) is 14.8. The monoisotopic (exact) mass is 285 g/mol. The van der Waals surface area contributed by atoms with Crippen LogP contribution in [0.25, 0.3) is 10.8 Å². The summed E-state index contributed by atoms with van der Waals surface area (Å²) in [7, 11) is 1.82. The van der Waals surface area contributed by atoms with Crippen LogP contribution >= 0.6 is 0 Å². The standard InChI is InChI=1S/C16H19N3O2/c1-3-17-16(21)18-15(20)11-19(2)14-9-8-12-6-4-5-7-13(12)10-14/h4-10H,3,11H2,1-2H3,(H2,17,18,20,21). The van der Waals surface area contributed by atoms with Crippen LogP contribution in [-0.4, -0.2) is 32.1 Å². The second-order valence-electron chi connectivity index (χ2n) is 4.80. The number of hydrogen-bond donors (Lipinski definition) is 2. The summed E-state index contributed by atoms with van der Waals surface area (Å²) >= 11 is 0. The number of nitrogens with one attached hydrogen (secondary N) is 2. The minimum absolute atomic E-state index is 0.121. The molecule has 0 fully saturated rings. The summed E-state index contributed by atoms with van der Waals surface area (Å²) in [6.07, 6.45) is 0. The lowest BCUT2D eigenvalue weighted by molar-refractivity contribution is -0.118. The van der Waals surface area contributed by atoms with E-state index >= 15 is 0 Å². The first-order valence-electron chi connectivity index (χ1n) is 6.87. The van der Waals surface area contributed by atoms with Gasteiger partial charge < -0.3 is 10.2 Å². The third kappa shape index (κ3) is 3.95. The summed E-state index contributed by atoms with van der Waals surface area (Å²) in [5.74, 6) is -0.336. The fourth-order valence-electron chi connectivity index (χ4n) is 2.09. The van der Waals surface area contributed by atoms with E-state index in [4.69, 9.17) is 0 Å².